The molecule has 9 heteroatoms. The molecule has 1 amide bonds. The second-order valence-electron chi connectivity index (χ2n) is 6.64. The molecule has 1 heterocycles. The number of rotatable bonds is 7. The summed E-state index contributed by atoms with van der Waals surface area (Å²) in [4.78, 5) is 15.4. The van der Waals surface area contributed by atoms with Gasteiger partial charge in [0.2, 0.25) is 10.0 Å². The number of anilines is 1. The van der Waals surface area contributed by atoms with Gasteiger partial charge in [-0.05, 0) is 36.6 Å². The van der Waals surface area contributed by atoms with Gasteiger partial charge in [0, 0.05) is 48.3 Å². The molecule has 0 atom stereocenters. The molecule has 0 radical (unpaired) electrons. The Labute approximate surface area is 181 Å². The van der Waals surface area contributed by atoms with E-state index in [1.165, 1.54) is 16.1 Å². The number of nitrogens with one attached hydrogen (secondary N) is 1. The summed E-state index contributed by atoms with van der Waals surface area (Å²) in [6, 6.07) is 14.8. The fourth-order valence-corrected chi connectivity index (χ4v) is 5.37. The molecular weight excluding hydrogens is 430 g/mol. The lowest BCUT2D eigenvalue weighted by Crippen LogP contribution is -2.50. The van der Waals surface area contributed by atoms with Crippen LogP contribution in [0.3, 0.4) is 0 Å². The number of hydrogen-bond acceptors (Lipinski definition) is 5. The Bertz CT molecular complexity index is 961. The van der Waals surface area contributed by atoms with Crippen LogP contribution in [-0.2, 0) is 10.0 Å². The van der Waals surface area contributed by atoms with Crippen LogP contribution in [0, 0.1) is 0 Å². The first kappa shape index (κ1) is 22.0. The maximum atomic E-state index is 12.7. The summed E-state index contributed by atoms with van der Waals surface area (Å²) in [5.74, 6) is -0.368. The van der Waals surface area contributed by atoms with Crippen molar-refractivity contribution < 1.29 is 13.2 Å². The van der Waals surface area contributed by atoms with E-state index in [-0.39, 0.29) is 18.2 Å². The summed E-state index contributed by atoms with van der Waals surface area (Å²) in [6.07, 6.45) is 1.90. The number of piperazine rings is 1. The third kappa shape index (κ3) is 5.66. The molecule has 0 spiro atoms. The number of carbonyl (C=O) groups excluding carboxylic acids is 1. The predicted molar refractivity (Wildman–Crippen MR) is 120 cm³/mol. The first-order valence-corrected chi connectivity index (χ1v) is 12.5. The smallest absolute Gasteiger partial charge is 0.252 e. The Hall–Kier alpha value is -1.74. The maximum Gasteiger partial charge on any atom is 0.252 e. The minimum Gasteiger partial charge on any atom is -0.369 e. The lowest BCUT2D eigenvalue weighted by molar-refractivity contribution is 0.0953. The summed E-state index contributed by atoms with van der Waals surface area (Å²) in [7, 11) is -3.43. The Morgan fingerprint density at radius 1 is 1.10 bits per heavy atom. The molecule has 1 aliphatic heterocycles. The summed E-state index contributed by atoms with van der Waals surface area (Å²) >= 11 is 7.53. The van der Waals surface area contributed by atoms with Crippen LogP contribution in [0.15, 0.2) is 53.4 Å². The Balaban J connectivity index is 1.51. The molecule has 0 unspecified atom stereocenters. The van der Waals surface area contributed by atoms with Crippen molar-refractivity contribution in [3.05, 3.63) is 59.1 Å². The van der Waals surface area contributed by atoms with Crippen molar-refractivity contribution >= 4 is 45.0 Å². The lowest BCUT2D eigenvalue weighted by Gasteiger charge is -2.35. The number of amides is 1. The number of hydrogen-bond donors (Lipinski definition) is 1. The molecule has 1 N–H and O–H groups in total. The molecule has 156 valence electrons. The molecule has 0 saturated carbocycles. The number of nitrogens with zero attached hydrogens (tertiary/aromatic N) is 2. The minimum atomic E-state index is -3.43. The predicted octanol–water partition coefficient (Wildman–Crippen LogP) is 2.94. The van der Waals surface area contributed by atoms with E-state index in [4.69, 9.17) is 11.6 Å². The van der Waals surface area contributed by atoms with Crippen molar-refractivity contribution in [2.75, 3.05) is 49.6 Å². The molecule has 1 aliphatic rings. The average molecular weight is 454 g/mol. The van der Waals surface area contributed by atoms with Gasteiger partial charge in [-0.3, -0.25) is 4.79 Å². The van der Waals surface area contributed by atoms with E-state index in [2.05, 4.69) is 10.2 Å². The second-order valence-corrected chi connectivity index (χ2v) is 10.0. The van der Waals surface area contributed by atoms with Gasteiger partial charge >= 0.3 is 0 Å². The summed E-state index contributed by atoms with van der Waals surface area (Å²) in [5, 5.41) is 3.39. The third-order valence-corrected chi connectivity index (χ3v) is 7.71. The number of sulfonamides is 1. The highest BCUT2D eigenvalue weighted by Crippen LogP contribution is 2.22. The van der Waals surface area contributed by atoms with Gasteiger partial charge in [-0.15, -0.1) is 11.8 Å². The second kappa shape index (κ2) is 9.84. The van der Waals surface area contributed by atoms with Crippen LogP contribution in [0.5, 0.6) is 0 Å². The van der Waals surface area contributed by atoms with Crippen LogP contribution < -0.4 is 10.2 Å². The van der Waals surface area contributed by atoms with Gasteiger partial charge in [-0.1, -0.05) is 29.8 Å². The standard InChI is InChI=1S/C20H24ClN3O3S2/c1-28-19-8-3-2-7-18(19)20(25)22-9-14-29(26,27)24-12-10-23(11-13-24)17-6-4-5-16(21)15-17/h2-8,15H,9-14H2,1H3,(H,22,25). The van der Waals surface area contributed by atoms with Crippen LogP contribution >= 0.6 is 23.4 Å². The first-order valence-electron chi connectivity index (χ1n) is 9.30. The molecule has 1 saturated heterocycles. The summed E-state index contributed by atoms with van der Waals surface area (Å²) < 4.78 is 26.8. The van der Waals surface area contributed by atoms with E-state index < -0.39 is 10.0 Å². The van der Waals surface area contributed by atoms with Gasteiger partial charge in [-0.2, -0.15) is 4.31 Å². The fraction of sp³-hybridized carbons (Fsp3) is 0.350. The highest BCUT2D eigenvalue weighted by Gasteiger charge is 2.27. The highest BCUT2D eigenvalue weighted by atomic mass is 35.5. The van der Waals surface area contributed by atoms with Crippen LogP contribution in [0.25, 0.3) is 0 Å². The molecule has 1 fully saturated rings. The monoisotopic (exact) mass is 453 g/mol. The van der Waals surface area contributed by atoms with E-state index >= 15 is 0 Å². The maximum absolute atomic E-state index is 12.7. The zero-order chi connectivity index (χ0) is 20.9. The van der Waals surface area contributed by atoms with Crippen molar-refractivity contribution in [2.24, 2.45) is 0 Å². The summed E-state index contributed by atoms with van der Waals surface area (Å²) in [6.45, 7) is 2.12. The number of thioether (sulfide) groups is 1. The molecule has 3 rings (SSSR count). The van der Waals surface area contributed by atoms with Gasteiger partial charge in [0.15, 0.2) is 0 Å². The van der Waals surface area contributed by atoms with Crippen molar-refractivity contribution in [3.8, 4) is 0 Å². The van der Waals surface area contributed by atoms with E-state index in [0.29, 0.717) is 36.8 Å². The zero-order valence-electron chi connectivity index (χ0n) is 16.2. The third-order valence-electron chi connectivity index (χ3n) is 4.80. The van der Waals surface area contributed by atoms with Crippen LogP contribution in [0.1, 0.15) is 10.4 Å². The fourth-order valence-electron chi connectivity index (χ4n) is 3.25. The van der Waals surface area contributed by atoms with Crippen LogP contribution in [0.4, 0.5) is 5.69 Å². The SMILES string of the molecule is CSc1ccccc1C(=O)NCCS(=O)(=O)N1CCN(c2cccc(Cl)c2)CC1. The van der Waals surface area contributed by atoms with Gasteiger partial charge in [0.25, 0.3) is 5.91 Å². The largest absolute Gasteiger partial charge is 0.369 e. The molecule has 2 aromatic rings. The van der Waals surface area contributed by atoms with E-state index in [9.17, 15) is 13.2 Å². The Morgan fingerprint density at radius 3 is 2.52 bits per heavy atom. The van der Waals surface area contributed by atoms with E-state index in [0.717, 1.165) is 10.6 Å². The number of carbonyl (C=O) groups is 1. The lowest BCUT2D eigenvalue weighted by atomic mass is 10.2. The molecule has 2 aromatic carbocycles. The van der Waals surface area contributed by atoms with Gasteiger partial charge in [0.1, 0.15) is 0 Å². The Kier molecular flexibility index (Phi) is 7.45. The minimum absolute atomic E-state index is 0.0817. The Morgan fingerprint density at radius 2 is 1.83 bits per heavy atom. The number of halogens is 1. The van der Waals surface area contributed by atoms with Gasteiger partial charge in [0.05, 0.1) is 11.3 Å². The summed E-state index contributed by atoms with van der Waals surface area (Å²) in [5.41, 5.74) is 1.56. The van der Waals surface area contributed by atoms with Gasteiger partial charge in [-0.25, -0.2) is 8.42 Å². The van der Waals surface area contributed by atoms with Crippen molar-refractivity contribution in [3.63, 3.8) is 0 Å². The van der Waals surface area contributed by atoms with E-state index in [1.807, 2.05) is 42.7 Å². The molecular formula is C20H24ClN3O3S2. The van der Waals surface area contributed by atoms with Gasteiger partial charge < -0.3 is 10.2 Å². The molecule has 0 aromatic heterocycles. The zero-order valence-corrected chi connectivity index (χ0v) is 18.6. The molecule has 6 nitrogen and oxygen atoms in total. The average Bonchev–Trinajstić information content (AvgIpc) is 2.73. The topological polar surface area (TPSA) is 69.7 Å². The molecule has 0 bridgehead atoms. The molecule has 0 aliphatic carbocycles. The first-order chi connectivity index (χ1) is 13.9. The van der Waals surface area contributed by atoms with Crippen LogP contribution in [-0.4, -0.2) is 63.4 Å². The van der Waals surface area contributed by atoms with E-state index in [1.54, 1.807) is 12.1 Å². The number of benzene rings is 2. The van der Waals surface area contributed by atoms with Crippen molar-refractivity contribution in [1.82, 2.24) is 9.62 Å². The van der Waals surface area contributed by atoms with Crippen molar-refractivity contribution in [1.29, 1.82) is 0 Å². The quantitative estimate of drug-likeness (QED) is 0.653. The van der Waals surface area contributed by atoms with Crippen molar-refractivity contribution in [2.45, 2.75) is 4.90 Å². The highest BCUT2D eigenvalue weighted by molar-refractivity contribution is 7.98. The molecule has 29 heavy (non-hydrogen) atoms. The van der Waals surface area contributed by atoms with Crippen LogP contribution in [0.2, 0.25) is 5.02 Å². The normalized spacial score (nSPS) is 15.3.